The van der Waals surface area contributed by atoms with Crippen molar-refractivity contribution >= 4 is 15.9 Å². The summed E-state index contributed by atoms with van der Waals surface area (Å²) in [5.41, 5.74) is 8.37. The van der Waals surface area contributed by atoms with Crippen molar-refractivity contribution in [1.82, 2.24) is 9.78 Å². The molecule has 1 unspecified atom stereocenters. The highest BCUT2D eigenvalue weighted by Gasteiger charge is 2.11. The molecule has 0 amide bonds. The van der Waals surface area contributed by atoms with Gasteiger partial charge in [0.25, 0.3) is 0 Å². The van der Waals surface area contributed by atoms with Crippen LogP contribution in [0.25, 0.3) is 0 Å². The Hall–Kier alpha value is -1.13. The molecular formula is C13H16BrN3. The molecule has 2 N–H and O–H groups in total. The van der Waals surface area contributed by atoms with Gasteiger partial charge >= 0.3 is 0 Å². The van der Waals surface area contributed by atoms with Gasteiger partial charge in [-0.3, -0.25) is 4.68 Å². The number of aryl methyl sites for hydroxylation is 1. The Labute approximate surface area is 110 Å². The minimum absolute atomic E-state index is 0.113. The summed E-state index contributed by atoms with van der Waals surface area (Å²) < 4.78 is 2.99. The first-order valence-corrected chi connectivity index (χ1v) is 6.53. The number of halogens is 1. The van der Waals surface area contributed by atoms with Crippen LogP contribution in [-0.2, 0) is 6.54 Å². The molecule has 2 aromatic rings. The molecule has 0 fully saturated rings. The van der Waals surface area contributed by atoms with Gasteiger partial charge in [0.2, 0.25) is 0 Å². The van der Waals surface area contributed by atoms with E-state index >= 15 is 0 Å². The van der Waals surface area contributed by atoms with Crippen molar-refractivity contribution in [3.63, 3.8) is 0 Å². The maximum absolute atomic E-state index is 6.22. The maximum Gasteiger partial charge on any atom is 0.0583 e. The maximum atomic E-state index is 6.22. The molecule has 17 heavy (non-hydrogen) atoms. The van der Waals surface area contributed by atoms with Crippen molar-refractivity contribution in [3.05, 3.63) is 52.3 Å². The zero-order valence-electron chi connectivity index (χ0n) is 9.81. The Morgan fingerprint density at radius 3 is 2.94 bits per heavy atom. The second-order valence-electron chi connectivity index (χ2n) is 4.07. The third kappa shape index (κ3) is 2.96. The molecule has 3 nitrogen and oxygen atoms in total. The van der Waals surface area contributed by atoms with Crippen molar-refractivity contribution in [2.45, 2.75) is 25.9 Å². The van der Waals surface area contributed by atoms with E-state index in [2.05, 4.69) is 28.0 Å². The van der Waals surface area contributed by atoms with E-state index in [1.807, 2.05) is 41.3 Å². The first-order chi connectivity index (χ1) is 8.20. The molecule has 4 heteroatoms. The first-order valence-electron chi connectivity index (χ1n) is 5.74. The SMILES string of the molecule is CCCn1cc(C(N)c2cccc(Br)c2)cn1. The zero-order chi connectivity index (χ0) is 12.3. The summed E-state index contributed by atoms with van der Waals surface area (Å²) in [6.45, 7) is 3.07. The molecule has 0 bridgehead atoms. The van der Waals surface area contributed by atoms with Crippen molar-refractivity contribution in [3.8, 4) is 0 Å². The van der Waals surface area contributed by atoms with Gasteiger partial charge in [0.05, 0.1) is 12.2 Å². The van der Waals surface area contributed by atoms with Crippen LogP contribution >= 0.6 is 15.9 Å². The third-order valence-electron chi connectivity index (χ3n) is 2.67. The zero-order valence-corrected chi connectivity index (χ0v) is 11.4. The lowest BCUT2D eigenvalue weighted by molar-refractivity contribution is 0.602. The number of benzene rings is 1. The number of nitrogens with two attached hydrogens (primary N) is 1. The number of hydrogen-bond acceptors (Lipinski definition) is 2. The molecule has 0 aliphatic carbocycles. The predicted octanol–water partition coefficient (Wildman–Crippen LogP) is 3.10. The van der Waals surface area contributed by atoms with E-state index in [9.17, 15) is 0 Å². The molecule has 90 valence electrons. The summed E-state index contributed by atoms with van der Waals surface area (Å²) in [6, 6.07) is 7.96. The van der Waals surface area contributed by atoms with Crippen molar-refractivity contribution in [2.24, 2.45) is 5.73 Å². The second-order valence-corrected chi connectivity index (χ2v) is 4.99. The van der Waals surface area contributed by atoms with E-state index in [4.69, 9.17) is 5.73 Å². The topological polar surface area (TPSA) is 43.8 Å². The quantitative estimate of drug-likeness (QED) is 0.941. The molecular weight excluding hydrogens is 278 g/mol. The minimum atomic E-state index is -0.113. The Bertz CT molecular complexity index is 493. The minimum Gasteiger partial charge on any atom is -0.320 e. The van der Waals surface area contributed by atoms with Gasteiger partial charge in [0, 0.05) is 22.8 Å². The largest absolute Gasteiger partial charge is 0.320 e. The van der Waals surface area contributed by atoms with Gasteiger partial charge in [-0.2, -0.15) is 5.10 Å². The third-order valence-corrected chi connectivity index (χ3v) is 3.17. The number of hydrogen-bond donors (Lipinski definition) is 1. The molecule has 1 heterocycles. The molecule has 0 radical (unpaired) electrons. The van der Waals surface area contributed by atoms with Crippen LogP contribution in [0, 0.1) is 0 Å². The fourth-order valence-corrected chi connectivity index (χ4v) is 2.20. The molecule has 2 rings (SSSR count). The monoisotopic (exact) mass is 293 g/mol. The normalized spacial score (nSPS) is 12.6. The van der Waals surface area contributed by atoms with Crippen molar-refractivity contribution in [2.75, 3.05) is 0 Å². The molecule has 1 aromatic heterocycles. The van der Waals surface area contributed by atoms with Crippen molar-refractivity contribution < 1.29 is 0 Å². The van der Waals surface area contributed by atoms with Gasteiger partial charge in [0.15, 0.2) is 0 Å². The smallest absolute Gasteiger partial charge is 0.0583 e. The summed E-state index contributed by atoms with van der Waals surface area (Å²) >= 11 is 3.46. The van der Waals surface area contributed by atoms with E-state index in [1.165, 1.54) is 0 Å². The highest BCUT2D eigenvalue weighted by atomic mass is 79.9. The standard InChI is InChI=1S/C13H16BrN3/c1-2-6-17-9-11(8-16-17)13(15)10-4-3-5-12(14)7-10/h3-5,7-9,13H,2,6,15H2,1H3. The van der Waals surface area contributed by atoms with Gasteiger partial charge in [-0.15, -0.1) is 0 Å². The number of rotatable bonds is 4. The Morgan fingerprint density at radius 2 is 2.24 bits per heavy atom. The van der Waals surface area contributed by atoms with Gasteiger partial charge < -0.3 is 5.73 Å². The highest BCUT2D eigenvalue weighted by molar-refractivity contribution is 9.10. The molecule has 0 aliphatic rings. The Morgan fingerprint density at radius 1 is 1.41 bits per heavy atom. The fraction of sp³-hybridized carbons (Fsp3) is 0.308. The molecule has 0 saturated carbocycles. The lowest BCUT2D eigenvalue weighted by Crippen LogP contribution is -2.11. The van der Waals surface area contributed by atoms with Gasteiger partial charge in [-0.25, -0.2) is 0 Å². The van der Waals surface area contributed by atoms with Crippen LogP contribution in [0.1, 0.15) is 30.5 Å². The van der Waals surface area contributed by atoms with Gasteiger partial charge in [0.1, 0.15) is 0 Å². The van der Waals surface area contributed by atoms with Crippen LogP contribution in [-0.4, -0.2) is 9.78 Å². The van der Waals surface area contributed by atoms with Crippen molar-refractivity contribution in [1.29, 1.82) is 0 Å². The predicted molar refractivity (Wildman–Crippen MR) is 72.7 cm³/mol. The van der Waals surface area contributed by atoms with Crippen LogP contribution in [0.4, 0.5) is 0 Å². The van der Waals surface area contributed by atoms with E-state index in [0.29, 0.717) is 0 Å². The summed E-state index contributed by atoms with van der Waals surface area (Å²) in [6.07, 6.45) is 4.95. The average Bonchev–Trinajstić information content (AvgIpc) is 2.77. The fourth-order valence-electron chi connectivity index (χ4n) is 1.78. The van der Waals surface area contributed by atoms with Crippen LogP contribution in [0.5, 0.6) is 0 Å². The molecule has 0 saturated heterocycles. The van der Waals surface area contributed by atoms with Gasteiger partial charge in [-0.1, -0.05) is 35.0 Å². The highest BCUT2D eigenvalue weighted by Crippen LogP contribution is 2.22. The molecule has 0 spiro atoms. The van der Waals surface area contributed by atoms with E-state index < -0.39 is 0 Å². The average molecular weight is 294 g/mol. The summed E-state index contributed by atoms with van der Waals surface area (Å²) in [5.74, 6) is 0. The Kier molecular flexibility index (Phi) is 3.97. The molecule has 0 aliphatic heterocycles. The second kappa shape index (κ2) is 5.47. The lowest BCUT2D eigenvalue weighted by atomic mass is 10.0. The molecule has 1 atom stereocenters. The first kappa shape index (κ1) is 12.3. The summed E-state index contributed by atoms with van der Waals surface area (Å²) in [4.78, 5) is 0. The lowest BCUT2D eigenvalue weighted by Gasteiger charge is -2.10. The summed E-state index contributed by atoms with van der Waals surface area (Å²) in [5, 5.41) is 4.30. The summed E-state index contributed by atoms with van der Waals surface area (Å²) in [7, 11) is 0. The number of nitrogens with zero attached hydrogens (tertiary/aromatic N) is 2. The Balaban J connectivity index is 2.21. The van der Waals surface area contributed by atoms with Gasteiger partial charge in [-0.05, 0) is 24.1 Å². The molecule has 1 aromatic carbocycles. The van der Waals surface area contributed by atoms with Crippen LogP contribution in [0.2, 0.25) is 0 Å². The number of aromatic nitrogens is 2. The van der Waals surface area contributed by atoms with Crippen LogP contribution < -0.4 is 5.73 Å². The van der Waals surface area contributed by atoms with E-state index in [1.54, 1.807) is 0 Å². The van der Waals surface area contributed by atoms with E-state index in [-0.39, 0.29) is 6.04 Å². The van der Waals surface area contributed by atoms with Crippen LogP contribution in [0.15, 0.2) is 41.1 Å². The van der Waals surface area contributed by atoms with Crippen LogP contribution in [0.3, 0.4) is 0 Å². The van der Waals surface area contributed by atoms with E-state index in [0.717, 1.165) is 28.6 Å².